The van der Waals surface area contributed by atoms with Gasteiger partial charge >= 0.3 is 0 Å². The van der Waals surface area contributed by atoms with Gasteiger partial charge in [0.05, 0.1) is 12.3 Å². The highest BCUT2D eigenvalue weighted by molar-refractivity contribution is 5.70. The quantitative estimate of drug-likeness (QED) is 0.799. The molecule has 0 atom stereocenters. The SMILES string of the molecule is CCOc1ccc(-c2ccncc2)cc1N. The van der Waals surface area contributed by atoms with Crippen LogP contribution >= 0.6 is 0 Å². The van der Waals surface area contributed by atoms with Crippen molar-refractivity contribution >= 4 is 5.69 Å². The zero-order valence-electron chi connectivity index (χ0n) is 9.18. The third-order valence-corrected chi connectivity index (χ3v) is 2.32. The summed E-state index contributed by atoms with van der Waals surface area (Å²) in [5.41, 5.74) is 8.74. The number of rotatable bonds is 3. The van der Waals surface area contributed by atoms with Crippen molar-refractivity contribution in [2.75, 3.05) is 12.3 Å². The number of ether oxygens (including phenoxy) is 1. The fourth-order valence-corrected chi connectivity index (χ4v) is 1.56. The molecule has 0 radical (unpaired) electrons. The first-order valence-electron chi connectivity index (χ1n) is 5.24. The number of nitrogens with two attached hydrogens (primary N) is 1. The van der Waals surface area contributed by atoms with Gasteiger partial charge in [0.15, 0.2) is 0 Å². The fraction of sp³-hybridized carbons (Fsp3) is 0.154. The molecule has 2 aromatic rings. The van der Waals surface area contributed by atoms with Gasteiger partial charge in [-0.2, -0.15) is 0 Å². The van der Waals surface area contributed by atoms with Gasteiger partial charge in [-0.25, -0.2) is 0 Å². The first kappa shape index (κ1) is 10.5. The molecule has 0 saturated heterocycles. The Morgan fingerprint density at radius 1 is 1.12 bits per heavy atom. The van der Waals surface area contributed by atoms with Gasteiger partial charge < -0.3 is 10.5 Å². The molecule has 3 heteroatoms. The Labute approximate surface area is 94.9 Å². The van der Waals surface area contributed by atoms with E-state index in [0.717, 1.165) is 16.9 Å². The molecule has 0 aliphatic carbocycles. The zero-order chi connectivity index (χ0) is 11.4. The number of hydrogen-bond donors (Lipinski definition) is 1. The molecule has 0 aliphatic heterocycles. The number of aromatic nitrogens is 1. The summed E-state index contributed by atoms with van der Waals surface area (Å²) < 4.78 is 5.39. The van der Waals surface area contributed by atoms with Crippen LogP contribution in [0.4, 0.5) is 5.69 Å². The number of pyridine rings is 1. The Morgan fingerprint density at radius 3 is 2.50 bits per heavy atom. The maximum absolute atomic E-state index is 5.90. The summed E-state index contributed by atoms with van der Waals surface area (Å²) in [7, 11) is 0. The van der Waals surface area contributed by atoms with Crippen LogP contribution in [-0.2, 0) is 0 Å². The molecule has 0 fully saturated rings. The van der Waals surface area contributed by atoms with Gasteiger partial charge in [-0.3, -0.25) is 4.98 Å². The van der Waals surface area contributed by atoms with Gasteiger partial charge in [0.2, 0.25) is 0 Å². The van der Waals surface area contributed by atoms with Gasteiger partial charge in [-0.05, 0) is 42.3 Å². The normalized spacial score (nSPS) is 10.1. The summed E-state index contributed by atoms with van der Waals surface area (Å²) in [6, 6.07) is 9.72. The van der Waals surface area contributed by atoms with Crippen molar-refractivity contribution < 1.29 is 4.74 Å². The second-order valence-electron chi connectivity index (χ2n) is 3.42. The summed E-state index contributed by atoms with van der Waals surface area (Å²) in [6.07, 6.45) is 3.53. The molecule has 82 valence electrons. The van der Waals surface area contributed by atoms with Crippen LogP contribution in [0.2, 0.25) is 0 Å². The molecule has 2 rings (SSSR count). The van der Waals surface area contributed by atoms with E-state index in [-0.39, 0.29) is 0 Å². The zero-order valence-corrected chi connectivity index (χ0v) is 9.18. The van der Waals surface area contributed by atoms with Crippen molar-refractivity contribution in [2.45, 2.75) is 6.92 Å². The lowest BCUT2D eigenvalue weighted by Crippen LogP contribution is -1.96. The summed E-state index contributed by atoms with van der Waals surface area (Å²) in [6.45, 7) is 2.56. The number of hydrogen-bond acceptors (Lipinski definition) is 3. The number of nitrogen functional groups attached to an aromatic ring is 1. The van der Waals surface area contributed by atoms with Crippen LogP contribution in [0.3, 0.4) is 0 Å². The second kappa shape index (κ2) is 4.66. The largest absolute Gasteiger partial charge is 0.492 e. The van der Waals surface area contributed by atoms with Crippen molar-refractivity contribution in [3.05, 3.63) is 42.7 Å². The highest BCUT2D eigenvalue weighted by atomic mass is 16.5. The lowest BCUT2D eigenvalue weighted by Gasteiger charge is -2.08. The van der Waals surface area contributed by atoms with Crippen LogP contribution in [0, 0.1) is 0 Å². The second-order valence-corrected chi connectivity index (χ2v) is 3.42. The van der Waals surface area contributed by atoms with Crippen LogP contribution in [-0.4, -0.2) is 11.6 Å². The molecular weight excluding hydrogens is 200 g/mol. The van der Waals surface area contributed by atoms with Gasteiger partial charge in [-0.1, -0.05) is 6.07 Å². The van der Waals surface area contributed by atoms with Crippen molar-refractivity contribution in [2.24, 2.45) is 0 Å². The minimum atomic E-state index is 0.624. The first-order valence-corrected chi connectivity index (χ1v) is 5.24. The van der Waals surface area contributed by atoms with E-state index in [1.165, 1.54) is 0 Å². The Morgan fingerprint density at radius 2 is 1.88 bits per heavy atom. The van der Waals surface area contributed by atoms with Gasteiger partial charge in [0.25, 0.3) is 0 Å². The monoisotopic (exact) mass is 214 g/mol. The van der Waals surface area contributed by atoms with E-state index >= 15 is 0 Å². The predicted octanol–water partition coefficient (Wildman–Crippen LogP) is 2.73. The standard InChI is InChI=1S/C13H14N2O/c1-2-16-13-4-3-11(9-12(13)14)10-5-7-15-8-6-10/h3-9H,2,14H2,1H3. The number of anilines is 1. The van der Waals surface area contributed by atoms with Gasteiger partial charge in [0.1, 0.15) is 5.75 Å². The lowest BCUT2D eigenvalue weighted by molar-refractivity contribution is 0.342. The maximum atomic E-state index is 5.90. The Balaban J connectivity index is 2.35. The van der Waals surface area contributed by atoms with E-state index < -0.39 is 0 Å². The van der Waals surface area contributed by atoms with Crippen LogP contribution < -0.4 is 10.5 Å². The van der Waals surface area contributed by atoms with E-state index in [9.17, 15) is 0 Å². The Kier molecular flexibility index (Phi) is 3.05. The summed E-state index contributed by atoms with van der Waals surface area (Å²) >= 11 is 0. The molecule has 1 heterocycles. The van der Waals surface area contributed by atoms with E-state index in [1.807, 2.05) is 37.3 Å². The molecule has 0 unspecified atom stereocenters. The topological polar surface area (TPSA) is 48.1 Å². The third-order valence-electron chi connectivity index (χ3n) is 2.32. The van der Waals surface area contributed by atoms with Crippen molar-refractivity contribution in [3.63, 3.8) is 0 Å². The van der Waals surface area contributed by atoms with Crippen LogP contribution in [0.25, 0.3) is 11.1 Å². The average molecular weight is 214 g/mol. The van der Waals surface area contributed by atoms with Crippen LogP contribution in [0.1, 0.15) is 6.92 Å². The van der Waals surface area contributed by atoms with E-state index in [4.69, 9.17) is 10.5 Å². The predicted molar refractivity (Wildman–Crippen MR) is 65.3 cm³/mol. The average Bonchev–Trinajstić information content (AvgIpc) is 2.33. The molecule has 16 heavy (non-hydrogen) atoms. The smallest absolute Gasteiger partial charge is 0.142 e. The molecular formula is C13H14N2O. The van der Waals surface area contributed by atoms with Crippen molar-refractivity contribution in [1.82, 2.24) is 4.98 Å². The molecule has 1 aromatic heterocycles. The highest BCUT2D eigenvalue weighted by Crippen LogP contribution is 2.28. The first-order chi connectivity index (χ1) is 7.81. The van der Waals surface area contributed by atoms with E-state index in [2.05, 4.69) is 4.98 Å². The minimum Gasteiger partial charge on any atom is -0.492 e. The van der Waals surface area contributed by atoms with Crippen molar-refractivity contribution in [3.8, 4) is 16.9 Å². The molecule has 0 saturated carbocycles. The summed E-state index contributed by atoms with van der Waals surface area (Å²) in [5.74, 6) is 0.736. The van der Waals surface area contributed by atoms with Gasteiger partial charge in [0, 0.05) is 12.4 Å². The fourth-order valence-electron chi connectivity index (χ4n) is 1.56. The van der Waals surface area contributed by atoms with E-state index in [0.29, 0.717) is 12.3 Å². The summed E-state index contributed by atoms with van der Waals surface area (Å²) in [5, 5.41) is 0. The minimum absolute atomic E-state index is 0.624. The molecule has 1 aromatic carbocycles. The van der Waals surface area contributed by atoms with E-state index in [1.54, 1.807) is 12.4 Å². The Hall–Kier alpha value is -2.03. The van der Waals surface area contributed by atoms with Crippen molar-refractivity contribution in [1.29, 1.82) is 0 Å². The molecule has 2 N–H and O–H groups in total. The molecule has 0 bridgehead atoms. The summed E-state index contributed by atoms with van der Waals surface area (Å²) in [4.78, 5) is 3.98. The number of benzene rings is 1. The maximum Gasteiger partial charge on any atom is 0.142 e. The molecule has 3 nitrogen and oxygen atoms in total. The lowest BCUT2D eigenvalue weighted by atomic mass is 10.1. The molecule has 0 amide bonds. The van der Waals surface area contributed by atoms with Crippen LogP contribution in [0.15, 0.2) is 42.7 Å². The third kappa shape index (κ3) is 2.14. The molecule has 0 spiro atoms. The number of nitrogens with zero attached hydrogens (tertiary/aromatic N) is 1. The molecule has 0 aliphatic rings. The van der Waals surface area contributed by atoms with Gasteiger partial charge in [-0.15, -0.1) is 0 Å². The highest BCUT2D eigenvalue weighted by Gasteiger charge is 2.02. The Bertz CT molecular complexity index is 469. The van der Waals surface area contributed by atoms with Crippen LogP contribution in [0.5, 0.6) is 5.75 Å².